The summed E-state index contributed by atoms with van der Waals surface area (Å²) in [6.45, 7) is 0. The van der Waals surface area contributed by atoms with Crippen LogP contribution < -0.4 is 10.6 Å². The Morgan fingerprint density at radius 3 is 2.61 bits per heavy atom. The van der Waals surface area contributed by atoms with Gasteiger partial charge in [0.15, 0.2) is 4.34 Å². The largest absolute Gasteiger partial charge is 0.323 e. The van der Waals surface area contributed by atoms with Crippen molar-refractivity contribution in [3.8, 4) is 0 Å². The quantitative estimate of drug-likeness (QED) is 0.377. The standard InChI is InChI=1S/C21H16FN3OS2/c22-16-8-4-5-9-17(16)24-20(26)23-15-10-11-18-19(12-15)28-21(25-18)27-13-14-6-2-1-3-7-14/h1-12H,13H2,(H2,23,24,26). The van der Waals surface area contributed by atoms with Crippen LogP contribution in [0, 0.1) is 5.82 Å². The minimum absolute atomic E-state index is 0.137. The Morgan fingerprint density at radius 1 is 1.00 bits per heavy atom. The Balaban J connectivity index is 1.42. The van der Waals surface area contributed by atoms with Gasteiger partial charge in [-0.3, -0.25) is 0 Å². The zero-order valence-electron chi connectivity index (χ0n) is 14.7. The zero-order valence-corrected chi connectivity index (χ0v) is 16.3. The van der Waals surface area contributed by atoms with Crippen LogP contribution in [0.15, 0.2) is 77.1 Å². The summed E-state index contributed by atoms with van der Waals surface area (Å²) in [6, 6.07) is 21.3. The fourth-order valence-corrected chi connectivity index (χ4v) is 4.67. The zero-order chi connectivity index (χ0) is 19.3. The molecule has 140 valence electrons. The molecule has 0 aliphatic heterocycles. The molecule has 0 fully saturated rings. The van der Waals surface area contributed by atoms with E-state index in [1.54, 1.807) is 41.3 Å². The van der Waals surface area contributed by atoms with E-state index in [0.29, 0.717) is 5.69 Å². The minimum Gasteiger partial charge on any atom is -0.308 e. The number of halogens is 1. The molecule has 2 amide bonds. The number of amides is 2. The van der Waals surface area contributed by atoms with Crippen molar-refractivity contribution in [2.24, 2.45) is 0 Å². The maximum atomic E-state index is 13.6. The summed E-state index contributed by atoms with van der Waals surface area (Å²) in [5.74, 6) is 0.382. The summed E-state index contributed by atoms with van der Waals surface area (Å²) in [4.78, 5) is 16.8. The molecule has 1 heterocycles. The lowest BCUT2D eigenvalue weighted by atomic mass is 10.2. The highest BCUT2D eigenvalue weighted by atomic mass is 32.2. The third-order valence-corrected chi connectivity index (χ3v) is 6.19. The monoisotopic (exact) mass is 409 g/mol. The second kappa shape index (κ2) is 8.41. The highest BCUT2D eigenvalue weighted by Crippen LogP contribution is 2.33. The number of thioether (sulfide) groups is 1. The van der Waals surface area contributed by atoms with Gasteiger partial charge in [0.1, 0.15) is 5.82 Å². The van der Waals surface area contributed by atoms with Gasteiger partial charge in [-0.15, -0.1) is 11.3 Å². The van der Waals surface area contributed by atoms with E-state index in [2.05, 4.69) is 27.8 Å². The predicted octanol–water partition coefficient (Wildman–Crippen LogP) is 6.37. The van der Waals surface area contributed by atoms with Crippen molar-refractivity contribution < 1.29 is 9.18 Å². The molecule has 0 saturated carbocycles. The number of thiazole rings is 1. The van der Waals surface area contributed by atoms with Crippen LogP contribution in [0.25, 0.3) is 10.2 Å². The summed E-state index contributed by atoms with van der Waals surface area (Å²) in [6.07, 6.45) is 0. The molecule has 0 bridgehead atoms. The number of rotatable bonds is 5. The molecule has 0 aliphatic carbocycles. The van der Waals surface area contributed by atoms with Gasteiger partial charge in [-0.25, -0.2) is 14.2 Å². The molecular weight excluding hydrogens is 393 g/mol. The van der Waals surface area contributed by atoms with Crippen LogP contribution in [0.5, 0.6) is 0 Å². The number of anilines is 2. The van der Waals surface area contributed by atoms with Crippen LogP contribution >= 0.6 is 23.1 Å². The number of para-hydroxylation sites is 1. The van der Waals surface area contributed by atoms with E-state index in [-0.39, 0.29) is 5.69 Å². The summed E-state index contributed by atoms with van der Waals surface area (Å²) >= 11 is 3.27. The molecule has 1 aromatic heterocycles. The first-order chi connectivity index (χ1) is 13.7. The van der Waals surface area contributed by atoms with Crippen molar-refractivity contribution in [2.45, 2.75) is 10.1 Å². The van der Waals surface area contributed by atoms with Crippen molar-refractivity contribution in [2.75, 3.05) is 10.6 Å². The summed E-state index contributed by atoms with van der Waals surface area (Å²) < 4.78 is 15.6. The lowest BCUT2D eigenvalue weighted by Gasteiger charge is -2.08. The number of benzene rings is 3. The minimum atomic E-state index is -0.493. The van der Waals surface area contributed by atoms with Gasteiger partial charge in [0.2, 0.25) is 0 Å². The maximum absolute atomic E-state index is 13.6. The predicted molar refractivity (Wildman–Crippen MR) is 115 cm³/mol. The molecule has 0 unspecified atom stereocenters. The average Bonchev–Trinajstić information content (AvgIpc) is 3.11. The van der Waals surface area contributed by atoms with E-state index in [1.807, 2.05) is 30.3 Å². The van der Waals surface area contributed by atoms with Crippen molar-refractivity contribution in [1.82, 2.24) is 4.98 Å². The van der Waals surface area contributed by atoms with Gasteiger partial charge in [0.05, 0.1) is 15.9 Å². The Hall–Kier alpha value is -2.90. The number of hydrogen-bond acceptors (Lipinski definition) is 4. The molecule has 0 radical (unpaired) electrons. The van der Waals surface area contributed by atoms with Crippen molar-refractivity contribution >= 4 is 50.7 Å². The number of carbonyl (C=O) groups excluding carboxylic acids is 1. The van der Waals surface area contributed by atoms with Crippen LogP contribution in [-0.4, -0.2) is 11.0 Å². The lowest BCUT2D eigenvalue weighted by Crippen LogP contribution is -2.19. The van der Waals surface area contributed by atoms with Crippen LogP contribution in [0.2, 0.25) is 0 Å². The first-order valence-electron chi connectivity index (χ1n) is 8.57. The molecule has 0 spiro atoms. The van der Waals surface area contributed by atoms with E-state index in [1.165, 1.54) is 17.7 Å². The fraction of sp³-hybridized carbons (Fsp3) is 0.0476. The van der Waals surface area contributed by atoms with Crippen molar-refractivity contribution in [3.05, 3.63) is 84.2 Å². The number of carbonyl (C=O) groups is 1. The maximum Gasteiger partial charge on any atom is 0.323 e. The number of nitrogens with one attached hydrogen (secondary N) is 2. The van der Waals surface area contributed by atoms with Gasteiger partial charge >= 0.3 is 6.03 Å². The smallest absolute Gasteiger partial charge is 0.308 e. The van der Waals surface area contributed by atoms with E-state index in [9.17, 15) is 9.18 Å². The number of aromatic nitrogens is 1. The number of nitrogens with zero attached hydrogens (tertiary/aromatic N) is 1. The summed E-state index contributed by atoms with van der Waals surface area (Å²) in [5, 5.41) is 5.24. The van der Waals surface area contributed by atoms with Crippen LogP contribution in [0.1, 0.15) is 5.56 Å². The van der Waals surface area contributed by atoms with E-state index in [4.69, 9.17) is 0 Å². The van der Waals surface area contributed by atoms with E-state index in [0.717, 1.165) is 20.3 Å². The second-order valence-corrected chi connectivity index (χ2v) is 8.25. The molecule has 4 rings (SSSR count). The second-order valence-electron chi connectivity index (χ2n) is 6.00. The van der Waals surface area contributed by atoms with Crippen LogP contribution in [-0.2, 0) is 5.75 Å². The molecule has 28 heavy (non-hydrogen) atoms. The summed E-state index contributed by atoms with van der Waals surface area (Å²) in [5.41, 5.74) is 2.91. The van der Waals surface area contributed by atoms with Crippen molar-refractivity contribution in [3.63, 3.8) is 0 Å². The Kier molecular flexibility index (Phi) is 5.55. The molecule has 2 N–H and O–H groups in total. The number of fused-ring (bicyclic) bond motifs is 1. The third-order valence-electron chi connectivity index (χ3n) is 3.95. The Labute approximate surface area is 169 Å². The lowest BCUT2D eigenvalue weighted by molar-refractivity contribution is 0.262. The van der Waals surface area contributed by atoms with Gasteiger partial charge in [0, 0.05) is 11.4 Å². The highest BCUT2D eigenvalue weighted by molar-refractivity contribution is 8.00. The van der Waals surface area contributed by atoms with Gasteiger partial charge in [-0.05, 0) is 35.9 Å². The molecule has 0 aliphatic rings. The normalized spacial score (nSPS) is 10.8. The van der Waals surface area contributed by atoms with Gasteiger partial charge in [-0.2, -0.15) is 0 Å². The van der Waals surface area contributed by atoms with E-state index >= 15 is 0 Å². The van der Waals surface area contributed by atoms with Crippen molar-refractivity contribution in [1.29, 1.82) is 0 Å². The molecule has 0 atom stereocenters. The SMILES string of the molecule is O=C(Nc1ccc2nc(SCc3ccccc3)sc2c1)Nc1ccccc1F. The Morgan fingerprint density at radius 2 is 1.79 bits per heavy atom. The van der Waals surface area contributed by atoms with Crippen LogP contribution in [0.4, 0.5) is 20.6 Å². The highest BCUT2D eigenvalue weighted by Gasteiger charge is 2.09. The average molecular weight is 410 g/mol. The third kappa shape index (κ3) is 4.49. The Bertz CT molecular complexity index is 1120. The first-order valence-corrected chi connectivity index (χ1v) is 10.4. The number of hydrogen-bond donors (Lipinski definition) is 2. The molecule has 4 nitrogen and oxygen atoms in total. The number of urea groups is 1. The van der Waals surface area contributed by atoms with Gasteiger partial charge in [-0.1, -0.05) is 54.2 Å². The molecule has 7 heteroatoms. The molecule has 3 aromatic carbocycles. The van der Waals surface area contributed by atoms with Gasteiger partial charge < -0.3 is 10.6 Å². The van der Waals surface area contributed by atoms with Gasteiger partial charge in [0.25, 0.3) is 0 Å². The molecule has 4 aromatic rings. The fourth-order valence-electron chi connectivity index (χ4n) is 2.61. The van der Waals surface area contributed by atoms with E-state index < -0.39 is 11.8 Å². The summed E-state index contributed by atoms with van der Waals surface area (Å²) in [7, 11) is 0. The van der Waals surface area contributed by atoms with Crippen LogP contribution in [0.3, 0.4) is 0 Å². The first kappa shape index (κ1) is 18.5. The topological polar surface area (TPSA) is 54.0 Å². The molecule has 0 saturated heterocycles. The molecular formula is C21H16FN3OS2.